The molecule has 1 heterocycles. The minimum atomic E-state index is -0.496. The van der Waals surface area contributed by atoms with E-state index in [1.54, 1.807) is 4.90 Å². The predicted octanol–water partition coefficient (Wildman–Crippen LogP) is 0.539. The van der Waals surface area contributed by atoms with Crippen LogP contribution >= 0.6 is 0 Å². The first kappa shape index (κ1) is 14.5. The first-order chi connectivity index (χ1) is 9.61. The van der Waals surface area contributed by atoms with Crippen LogP contribution < -0.4 is 5.32 Å². The molecular formula is C14H17FN2O3. The van der Waals surface area contributed by atoms with Crippen molar-refractivity contribution in [2.45, 2.75) is 18.9 Å². The summed E-state index contributed by atoms with van der Waals surface area (Å²) in [5, 5.41) is 11.6. The van der Waals surface area contributed by atoms with Gasteiger partial charge in [0.1, 0.15) is 5.82 Å². The van der Waals surface area contributed by atoms with E-state index in [0.29, 0.717) is 6.54 Å². The maximum absolute atomic E-state index is 13.0. The van der Waals surface area contributed by atoms with E-state index in [4.69, 9.17) is 5.11 Å². The van der Waals surface area contributed by atoms with Gasteiger partial charge in [0, 0.05) is 12.1 Å². The Labute approximate surface area is 116 Å². The fourth-order valence-electron chi connectivity index (χ4n) is 2.34. The van der Waals surface area contributed by atoms with Crippen molar-refractivity contribution < 1.29 is 19.1 Å². The molecule has 20 heavy (non-hydrogen) atoms. The van der Waals surface area contributed by atoms with Gasteiger partial charge in [0.05, 0.1) is 19.2 Å². The van der Waals surface area contributed by atoms with Crippen LogP contribution in [0.3, 0.4) is 0 Å². The Kier molecular flexibility index (Phi) is 4.68. The number of aliphatic hydroxyl groups excluding tert-OH is 1. The van der Waals surface area contributed by atoms with E-state index < -0.39 is 11.7 Å². The van der Waals surface area contributed by atoms with Gasteiger partial charge in [-0.15, -0.1) is 0 Å². The summed E-state index contributed by atoms with van der Waals surface area (Å²) in [6, 6.07) is 5.13. The summed E-state index contributed by atoms with van der Waals surface area (Å²) < 4.78 is 13.0. The van der Waals surface area contributed by atoms with Gasteiger partial charge in [0.2, 0.25) is 5.91 Å². The smallest absolute Gasteiger partial charge is 0.251 e. The molecule has 1 aromatic carbocycles. The Balaban J connectivity index is 1.88. The number of amides is 2. The molecule has 1 aliphatic rings. The quantitative estimate of drug-likeness (QED) is 0.845. The van der Waals surface area contributed by atoms with Gasteiger partial charge >= 0.3 is 0 Å². The third kappa shape index (κ3) is 3.33. The van der Waals surface area contributed by atoms with Crippen molar-refractivity contribution in [2.75, 3.05) is 19.7 Å². The number of hydrogen-bond donors (Lipinski definition) is 2. The van der Waals surface area contributed by atoms with Crippen molar-refractivity contribution in [1.29, 1.82) is 0 Å². The summed E-state index contributed by atoms with van der Waals surface area (Å²) in [5.74, 6) is -1.22. The first-order valence-electron chi connectivity index (χ1n) is 6.56. The monoisotopic (exact) mass is 280 g/mol. The number of carbonyl (C=O) groups excluding carboxylic acids is 2. The molecule has 0 spiro atoms. The lowest BCUT2D eigenvalue weighted by molar-refractivity contribution is -0.131. The van der Waals surface area contributed by atoms with Crippen LogP contribution in [0, 0.1) is 5.82 Å². The molecule has 0 aliphatic carbocycles. The number of carbonyl (C=O) groups is 2. The molecule has 0 radical (unpaired) electrons. The standard InChI is InChI=1S/C14H17FN2O3/c15-11-4-1-3-10(7-11)14(20)16-8-13(19)17-6-2-5-12(17)9-18/h1,3-4,7,12,18H,2,5-6,8-9H2,(H,16,20). The highest BCUT2D eigenvalue weighted by Gasteiger charge is 2.27. The molecule has 1 atom stereocenters. The number of nitrogens with zero attached hydrogens (tertiary/aromatic N) is 1. The van der Waals surface area contributed by atoms with Gasteiger partial charge in [-0.05, 0) is 31.0 Å². The van der Waals surface area contributed by atoms with Gasteiger partial charge < -0.3 is 15.3 Å². The minimum Gasteiger partial charge on any atom is -0.394 e. The van der Waals surface area contributed by atoms with Crippen LogP contribution in [0.1, 0.15) is 23.2 Å². The molecule has 5 nitrogen and oxygen atoms in total. The van der Waals surface area contributed by atoms with E-state index in [9.17, 15) is 14.0 Å². The Bertz CT molecular complexity index is 507. The summed E-state index contributed by atoms with van der Waals surface area (Å²) in [7, 11) is 0. The lowest BCUT2D eigenvalue weighted by Gasteiger charge is -2.23. The fourth-order valence-corrected chi connectivity index (χ4v) is 2.34. The lowest BCUT2D eigenvalue weighted by atomic mass is 10.2. The highest BCUT2D eigenvalue weighted by Crippen LogP contribution is 2.16. The lowest BCUT2D eigenvalue weighted by Crippen LogP contribution is -2.43. The predicted molar refractivity (Wildman–Crippen MR) is 70.6 cm³/mol. The number of halogens is 1. The van der Waals surface area contributed by atoms with E-state index in [1.165, 1.54) is 18.2 Å². The maximum atomic E-state index is 13.0. The zero-order valence-electron chi connectivity index (χ0n) is 11.0. The molecule has 1 fully saturated rings. The van der Waals surface area contributed by atoms with Crippen molar-refractivity contribution in [1.82, 2.24) is 10.2 Å². The number of nitrogens with one attached hydrogen (secondary N) is 1. The molecule has 1 saturated heterocycles. The zero-order valence-corrected chi connectivity index (χ0v) is 11.0. The average Bonchev–Trinajstić information content (AvgIpc) is 2.92. The topological polar surface area (TPSA) is 69.6 Å². The second-order valence-corrected chi connectivity index (χ2v) is 4.76. The van der Waals surface area contributed by atoms with Crippen molar-refractivity contribution in [3.8, 4) is 0 Å². The van der Waals surface area contributed by atoms with E-state index in [0.717, 1.165) is 18.9 Å². The second kappa shape index (κ2) is 6.47. The van der Waals surface area contributed by atoms with Crippen molar-refractivity contribution >= 4 is 11.8 Å². The van der Waals surface area contributed by atoms with E-state index in [1.807, 2.05) is 0 Å². The normalized spacial score (nSPS) is 18.1. The highest BCUT2D eigenvalue weighted by molar-refractivity contribution is 5.96. The Morgan fingerprint density at radius 2 is 2.25 bits per heavy atom. The van der Waals surface area contributed by atoms with Crippen LogP contribution in [-0.4, -0.2) is 47.6 Å². The zero-order chi connectivity index (χ0) is 14.5. The van der Waals surface area contributed by atoms with Crippen LogP contribution in [0.5, 0.6) is 0 Å². The van der Waals surface area contributed by atoms with E-state index >= 15 is 0 Å². The largest absolute Gasteiger partial charge is 0.394 e. The highest BCUT2D eigenvalue weighted by atomic mass is 19.1. The van der Waals surface area contributed by atoms with Gasteiger partial charge in [0.15, 0.2) is 0 Å². The number of likely N-dealkylation sites (tertiary alicyclic amines) is 1. The SMILES string of the molecule is O=C(NCC(=O)N1CCCC1CO)c1cccc(F)c1. The number of hydrogen-bond acceptors (Lipinski definition) is 3. The molecule has 0 bridgehead atoms. The number of rotatable bonds is 4. The first-order valence-corrected chi connectivity index (χ1v) is 6.56. The van der Waals surface area contributed by atoms with E-state index in [2.05, 4.69) is 5.32 Å². The molecule has 0 aromatic heterocycles. The van der Waals surface area contributed by atoms with Gasteiger partial charge in [0.25, 0.3) is 5.91 Å². The van der Waals surface area contributed by atoms with Crippen LogP contribution in [0.25, 0.3) is 0 Å². The van der Waals surface area contributed by atoms with Crippen LogP contribution in [0.15, 0.2) is 24.3 Å². The van der Waals surface area contributed by atoms with Crippen molar-refractivity contribution in [3.63, 3.8) is 0 Å². The molecule has 0 saturated carbocycles. The maximum Gasteiger partial charge on any atom is 0.251 e. The molecule has 6 heteroatoms. The Morgan fingerprint density at radius 1 is 1.45 bits per heavy atom. The average molecular weight is 280 g/mol. The van der Waals surface area contributed by atoms with Crippen LogP contribution in [0.4, 0.5) is 4.39 Å². The van der Waals surface area contributed by atoms with Crippen molar-refractivity contribution in [3.05, 3.63) is 35.6 Å². The molecule has 2 rings (SSSR count). The van der Waals surface area contributed by atoms with Gasteiger partial charge in [-0.25, -0.2) is 4.39 Å². The summed E-state index contributed by atoms with van der Waals surface area (Å²) in [6.45, 7) is 0.384. The van der Waals surface area contributed by atoms with Crippen LogP contribution in [-0.2, 0) is 4.79 Å². The number of aliphatic hydroxyl groups is 1. The minimum absolute atomic E-state index is 0.0659. The summed E-state index contributed by atoms with van der Waals surface area (Å²) in [4.78, 5) is 25.3. The summed E-state index contributed by atoms with van der Waals surface area (Å²) in [5.41, 5.74) is 0.179. The van der Waals surface area contributed by atoms with Gasteiger partial charge in [-0.3, -0.25) is 9.59 Å². The molecule has 1 aliphatic heterocycles. The molecule has 2 N–H and O–H groups in total. The molecule has 1 unspecified atom stereocenters. The van der Waals surface area contributed by atoms with E-state index in [-0.39, 0.29) is 30.7 Å². The summed E-state index contributed by atoms with van der Waals surface area (Å²) in [6.07, 6.45) is 1.63. The van der Waals surface area contributed by atoms with Gasteiger partial charge in [-0.1, -0.05) is 6.07 Å². The Morgan fingerprint density at radius 3 is 2.95 bits per heavy atom. The number of benzene rings is 1. The van der Waals surface area contributed by atoms with Crippen molar-refractivity contribution in [2.24, 2.45) is 0 Å². The molecule has 2 amide bonds. The van der Waals surface area contributed by atoms with Gasteiger partial charge in [-0.2, -0.15) is 0 Å². The molecule has 1 aromatic rings. The second-order valence-electron chi connectivity index (χ2n) is 4.76. The molecule has 108 valence electrons. The summed E-state index contributed by atoms with van der Waals surface area (Å²) >= 11 is 0. The third-order valence-corrected chi connectivity index (χ3v) is 3.40. The molecular weight excluding hydrogens is 263 g/mol. The third-order valence-electron chi connectivity index (χ3n) is 3.40. The van der Waals surface area contributed by atoms with Crippen LogP contribution in [0.2, 0.25) is 0 Å². The Hall–Kier alpha value is -1.95. The fraction of sp³-hybridized carbons (Fsp3) is 0.429.